The molecule has 0 aliphatic rings. The molecule has 0 aliphatic heterocycles. The summed E-state index contributed by atoms with van der Waals surface area (Å²) in [5.74, 6) is 0. The van der Waals surface area contributed by atoms with Gasteiger partial charge in [-0.25, -0.2) is 24.3 Å². The molecule has 13 heavy (non-hydrogen) atoms. The van der Waals surface area contributed by atoms with Crippen LogP contribution in [0, 0.1) is 0 Å². The van der Waals surface area contributed by atoms with Crippen molar-refractivity contribution in [1.82, 2.24) is 0 Å². The van der Waals surface area contributed by atoms with E-state index in [1.165, 1.54) is 0 Å². The first kappa shape index (κ1) is 18.9. The van der Waals surface area contributed by atoms with Crippen molar-refractivity contribution in [3.05, 3.63) is 60.7 Å². The van der Waals surface area contributed by atoms with Crippen molar-refractivity contribution in [2.75, 3.05) is 0 Å². The molecule has 3 heteroatoms. The van der Waals surface area contributed by atoms with Crippen molar-refractivity contribution in [3.8, 4) is 0 Å². The van der Waals surface area contributed by atoms with Gasteiger partial charge in [-0.15, -0.1) is 0 Å². The molecule has 0 spiro atoms. The summed E-state index contributed by atoms with van der Waals surface area (Å²) in [7, 11) is 0. The fourth-order valence-corrected chi connectivity index (χ4v) is 0.642. The van der Waals surface area contributed by atoms with Gasteiger partial charge >= 0.3 is 26.2 Å². The Kier molecular flexibility index (Phi) is 21.3. The Hall–Kier alpha value is 0.163. The van der Waals surface area contributed by atoms with Gasteiger partial charge in [0.2, 0.25) is 0 Å². The van der Waals surface area contributed by atoms with E-state index in [0.717, 1.165) is 0 Å². The maximum absolute atomic E-state index is 2.00. The van der Waals surface area contributed by atoms with Crippen LogP contribution in [-0.2, 0) is 26.2 Å². The van der Waals surface area contributed by atoms with E-state index in [4.69, 9.17) is 0 Å². The van der Waals surface area contributed by atoms with E-state index in [0.29, 0.717) is 0 Å². The monoisotopic (exact) mass is 291 g/mol. The average Bonchev–Trinajstić information content (AvgIpc) is 2.67. The molecular formula is C10H11Cl2Zr-3. The molecule has 0 bridgehead atoms. The van der Waals surface area contributed by atoms with E-state index in [1.807, 2.05) is 60.7 Å². The topological polar surface area (TPSA) is 0 Å². The SMILES string of the molecule is [Cl-].[Cl-].[H-].[Zr+2].c1cc[cH-]c1.c1cc[cH-]c1. The van der Waals surface area contributed by atoms with Gasteiger partial charge in [-0.2, -0.15) is 36.4 Å². The third-order valence-electron chi connectivity index (χ3n) is 1.11. The zero-order chi connectivity index (χ0) is 7.07. The van der Waals surface area contributed by atoms with Crippen LogP contribution in [0.1, 0.15) is 1.43 Å². The number of hydrogen-bond acceptors (Lipinski definition) is 0. The molecule has 0 nitrogen and oxygen atoms in total. The minimum absolute atomic E-state index is 0. The molecule has 0 saturated heterocycles. The molecule has 2 aromatic carbocycles. The standard InChI is InChI=1S/2C5H5.2ClH.Zr.H/c2*1-2-4-5-3-1;;;;/h2*1-5H;2*1H;;/q2*-1;;;+2;-1/p-2. The van der Waals surface area contributed by atoms with Gasteiger partial charge in [-0.3, -0.25) is 0 Å². The molecule has 0 unspecified atom stereocenters. The largest absolute Gasteiger partial charge is 2.00 e. The summed E-state index contributed by atoms with van der Waals surface area (Å²) in [6.07, 6.45) is 0. The third-order valence-corrected chi connectivity index (χ3v) is 1.11. The first-order chi connectivity index (χ1) is 5.00. The Labute approximate surface area is 113 Å². The zero-order valence-corrected chi connectivity index (χ0v) is 11.0. The van der Waals surface area contributed by atoms with Crippen LogP contribution in [0.5, 0.6) is 0 Å². The Morgan fingerprint density at radius 3 is 0.923 bits per heavy atom. The summed E-state index contributed by atoms with van der Waals surface area (Å²) in [5.41, 5.74) is 0. The third kappa shape index (κ3) is 12.2. The fourth-order valence-electron chi connectivity index (χ4n) is 0.642. The summed E-state index contributed by atoms with van der Waals surface area (Å²) in [5, 5.41) is 0. The normalized spacial score (nSPS) is 6.15. The molecule has 0 amide bonds. The second-order valence-corrected chi connectivity index (χ2v) is 1.92. The van der Waals surface area contributed by atoms with Gasteiger partial charge in [0.25, 0.3) is 0 Å². The van der Waals surface area contributed by atoms with Crippen LogP contribution in [0.4, 0.5) is 0 Å². The number of halogens is 2. The molecule has 0 atom stereocenters. The number of rotatable bonds is 0. The van der Waals surface area contributed by atoms with Crippen molar-refractivity contribution in [2.45, 2.75) is 0 Å². The van der Waals surface area contributed by atoms with E-state index < -0.39 is 0 Å². The van der Waals surface area contributed by atoms with E-state index in [9.17, 15) is 0 Å². The van der Waals surface area contributed by atoms with Crippen LogP contribution >= 0.6 is 0 Å². The Bertz CT molecular complexity index is 157. The predicted octanol–water partition coefficient (Wildman–Crippen LogP) is -3.07. The van der Waals surface area contributed by atoms with Crippen molar-refractivity contribution >= 4 is 0 Å². The zero-order valence-electron chi connectivity index (χ0n) is 8.03. The van der Waals surface area contributed by atoms with Crippen LogP contribution in [0.2, 0.25) is 0 Å². The predicted molar refractivity (Wildman–Crippen MR) is 45.2 cm³/mol. The summed E-state index contributed by atoms with van der Waals surface area (Å²) < 4.78 is 0. The van der Waals surface area contributed by atoms with E-state index >= 15 is 0 Å². The first-order valence-corrected chi connectivity index (χ1v) is 3.33. The second-order valence-electron chi connectivity index (χ2n) is 1.92. The number of hydrogen-bond donors (Lipinski definition) is 0. The van der Waals surface area contributed by atoms with Crippen LogP contribution in [-0.4, -0.2) is 0 Å². The molecule has 2 rings (SSSR count). The van der Waals surface area contributed by atoms with E-state index in [1.54, 1.807) is 0 Å². The van der Waals surface area contributed by atoms with E-state index in [2.05, 4.69) is 0 Å². The van der Waals surface area contributed by atoms with Gasteiger partial charge in [-0.05, 0) is 0 Å². The van der Waals surface area contributed by atoms with Gasteiger partial charge in [0.1, 0.15) is 0 Å². The van der Waals surface area contributed by atoms with Gasteiger partial charge in [-0.1, -0.05) is 0 Å². The van der Waals surface area contributed by atoms with Crippen LogP contribution < -0.4 is 24.8 Å². The molecule has 0 saturated carbocycles. The van der Waals surface area contributed by atoms with Crippen molar-refractivity contribution in [1.29, 1.82) is 0 Å². The molecule has 0 aromatic heterocycles. The Morgan fingerprint density at radius 2 is 0.846 bits per heavy atom. The van der Waals surface area contributed by atoms with Crippen molar-refractivity contribution in [2.24, 2.45) is 0 Å². The Morgan fingerprint density at radius 1 is 0.615 bits per heavy atom. The van der Waals surface area contributed by atoms with Gasteiger partial charge in [0.05, 0.1) is 0 Å². The summed E-state index contributed by atoms with van der Waals surface area (Å²) in [6.45, 7) is 0. The minimum Gasteiger partial charge on any atom is -1.00 e. The summed E-state index contributed by atoms with van der Waals surface area (Å²) >= 11 is 0. The van der Waals surface area contributed by atoms with Gasteiger partial charge < -0.3 is 26.2 Å². The molecule has 0 aliphatic carbocycles. The molecular weight excluding hydrogens is 282 g/mol. The summed E-state index contributed by atoms with van der Waals surface area (Å²) in [4.78, 5) is 0. The first-order valence-electron chi connectivity index (χ1n) is 3.33. The maximum atomic E-state index is 2.00. The van der Waals surface area contributed by atoms with E-state index in [-0.39, 0.29) is 52.4 Å². The van der Waals surface area contributed by atoms with Crippen LogP contribution in [0.25, 0.3) is 0 Å². The molecule has 0 radical (unpaired) electrons. The quantitative estimate of drug-likeness (QED) is 0.452. The van der Waals surface area contributed by atoms with Crippen LogP contribution in [0.15, 0.2) is 60.7 Å². The van der Waals surface area contributed by atoms with Crippen molar-refractivity contribution in [3.63, 3.8) is 0 Å². The molecule has 0 heterocycles. The fraction of sp³-hybridized carbons (Fsp3) is 0. The van der Waals surface area contributed by atoms with Gasteiger partial charge in [0, 0.05) is 0 Å². The van der Waals surface area contributed by atoms with Crippen molar-refractivity contribution < 1.29 is 52.4 Å². The second kappa shape index (κ2) is 14.7. The molecule has 0 N–H and O–H groups in total. The molecule has 2 aromatic rings. The smallest absolute Gasteiger partial charge is 1.00 e. The Balaban J connectivity index is -0.0000000556. The molecule has 72 valence electrons. The average molecular weight is 293 g/mol. The maximum Gasteiger partial charge on any atom is 2.00 e. The van der Waals surface area contributed by atoms with Crippen LogP contribution in [0.3, 0.4) is 0 Å². The van der Waals surface area contributed by atoms with Gasteiger partial charge in [0.15, 0.2) is 0 Å². The summed E-state index contributed by atoms with van der Waals surface area (Å²) in [6, 6.07) is 20.0. The molecule has 0 fully saturated rings. The minimum atomic E-state index is 0.